The number of anilines is 1. The minimum atomic E-state index is -0.116. The zero-order valence-corrected chi connectivity index (χ0v) is 10.5. The number of aryl methyl sites for hydroxylation is 1. The molecule has 0 aliphatic rings. The van der Waals surface area contributed by atoms with E-state index in [1.807, 2.05) is 35.9 Å². The number of ether oxygens (including phenoxy) is 1. The smallest absolute Gasteiger partial charge is 0.256 e. The van der Waals surface area contributed by atoms with Gasteiger partial charge in [-0.15, -0.1) is 0 Å². The number of nitrogens with one attached hydrogen (secondary N) is 1. The van der Waals surface area contributed by atoms with E-state index in [-0.39, 0.29) is 5.91 Å². The van der Waals surface area contributed by atoms with Gasteiger partial charge >= 0.3 is 0 Å². The molecule has 0 fully saturated rings. The number of methoxy groups -OCH3 is 1. The lowest BCUT2D eigenvalue weighted by Gasteiger charge is -2.10. The minimum Gasteiger partial charge on any atom is -0.495 e. The zero-order chi connectivity index (χ0) is 12.3. The van der Waals surface area contributed by atoms with Gasteiger partial charge in [0.2, 0.25) is 0 Å². The molecular weight excluding hydrogens is 234 g/mol. The van der Waals surface area contributed by atoms with E-state index in [1.165, 1.54) is 11.3 Å². The Balaban J connectivity index is 2.23. The maximum atomic E-state index is 11.9. The normalized spacial score (nSPS) is 10.0. The van der Waals surface area contributed by atoms with E-state index < -0.39 is 0 Å². The maximum Gasteiger partial charge on any atom is 0.256 e. The summed E-state index contributed by atoms with van der Waals surface area (Å²) in [6.07, 6.45) is 0. The van der Waals surface area contributed by atoms with Crippen molar-refractivity contribution in [1.82, 2.24) is 0 Å². The molecule has 0 aliphatic carbocycles. The third kappa shape index (κ3) is 2.65. The van der Waals surface area contributed by atoms with Gasteiger partial charge in [-0.05, 0) is 36.1 Å². The Kier molecular flexibility index (Phi) is 3.44. The molecule has 0 saturated heterocycles. The first-order valence-corrected chi connectivity index (χ1v) is 6.13. The third-order valence-electron chi connectivity index (χ3n) is 2.39. The van der Waals surface area contributed by atoms with Gasteiger partial charge in [0.1, 0.15) is 5.75 Å². The molecule has 4 heteroatoms. The van der Waals surface area contributed by atoms with E-state index in [4.69, 9.17) is 4.74 Å². The van der Waals surface area contributed by atoms with E-state index in [2.05, 4.69) is 5.32 Å². The van der Waals surface area contributed by atoms with Crippen molar-refractivity contribution in [2.24, 2.45) is 0 Å². The first-order chi connectivity index (χ1) is 8.20. The van der Waals surface area contributed by atoms with Crippen molar-refractivity contribution in [3.63, 3.8) is 0 Å². The fraction of sp³-hybridized carbons (Fsp3) is 0.154. The van der Waals surface area contributed by atoms with Crippen LogP contribution in [0.25, 0.3) is 0 Å². The molecule has 0 atom stereocenters. The van der Waals surface area contributed by atoms with Gasteiger partial charge < -0.3 is 10.1 Å². The summed E-state index contributed by atoms with van der Waals surface area (Å²) in [5.74, 6) is 0.550. The number of carbonyl (C=O) groups excluding carboxylic acids is 1. The van der Waals surface area contributed by atoms with E-state index in [0.717, 1.165) is 5.56 Å². The standard InChI is InChI=1S/C13H13NO2S/c1-9-3-4-12(16-2)11(7-9)14-13(15)10-5-6-17-8-10/h3-8H,1-2H3,(H,14,15). The summed E-state index contributed by atoms with van der Waals surface area (Å²) in [6, 6.07) is 7.48. The Morgan fingerprint density at radius 3 is 2.82 bits per heavy atom. The van der Waals surface area contributed by atoms with Crippen LogP contribution in [0.5, 0.6) is 5.75 Å². The SMILES string of the molecule is COc1ccc(C)cc1NC(=O)c1ccsc1. The lowest BCUT2D eigenvalue weighted by Crippen LogP contribution is -2.11. The van der Waals surface area contributed by atoms with E-state index >= 15 is 0 Å². The predicted molar refractivity (Wildman–Crippen MR) is 70.0 cm³/mol. The number of amides is 1. The quantitative estimate of drug-likeness (QED) is 0.903. The van der Waals surface area contributed by atoms with E-state index in [9.17, 15) is 4.79 Å². The van der Waals surface area contributed by atoms with Crippen LogP contribution in [-0.4, -0.2) is 13.0 Å². The van der Waals surface area contributed by atoms with Crippen molar-refractivity contribution in [2.45, 2.75) is 6.92 Å². The average Bonchev–Trinajstić information content (AvgIpc) is 2.83. The summed E-state index contributed by atoms with van der Waals surface area (Å²) in [4.78, 5) is 11.9. The molecule has 3 nitrogen and oxygen atoms in total. The summed E-state index contributed by atoms with van der Waals surface area (Å²) in [6.45, 7) is 1.97. The monoisotopic (exact) mass is 247 g/mol. The molecule has 2 rings (SSSR count). The van der Waals surface area contributed by atoms with Crippen LogP contribution in [-0.2, 0) is 0 Å². The molecule has 0 unspecified atom stereocenters. The van der Waals surface area contributed by atoms with Crippen LogP contribution in [0.2, 0.25) is 0 Å². The van der Waals surface area contributed by atoms with Crippen molar-refractivity contribution in [1.29, 1.82) is 0 Å². The van der Waals surface area contributed by atoms with Gasteiger partial charge in [0.05, 0.1) is 18.4 Å². The molecule has 0 bridgehead atoms. The molecule has 2 aromatic rings. The third-order valence-corrected chi connectivity index (χ3v) is 3.07. The summed E-state index contributed by atoms with van der Waals surface area (Å²) < 4.78 is 5.21. The molecule has 0 radical (unpaired) electrons. The van der Waals surface area contributed by atoms with Crippen LogP contribution < -0.4 is 10.1 Å². The van der Waals surface area contributed by atoms with Crippen LogP contribution in [0.3, 0.4) is 0 Å². The van der Waals surface area contributed by atoms with Crippen molar-refractivity contribution in [2.75, 3.05) is 12.4 Å². The lowest BCUT2D eigenvalue weighted by molar-refractivity contribution is 0.102. The molecular formula is C13H13NO2S. The van der Waals surface area contributed by atoms with E-state index in [0.29, 0.717) is 17.0 Å². The van der Waals surface area contributed by atoms with Crippen LogP contribution in [0, 0.1) is 6.92 Å². The Labute approximate surface area is 104 Å². The summed E-state index contributed by atoms with van der Waals surface area (Å²) in [5, 5.41) is 6.54. The highest BCUT2D eigenvalue weighted by Crippen LogP contribution is 2.25. The fourth-order valence-electron chi connectivity index (χ4n) is 1.51. The molecule has 0 spiro atoms. The van der Waals surface area contributed by atoms with Crippen LogP contribution >= 0.6 is 11.3 Å². The fourth-order valence-corrected chi connectivity index (χ4v) is 2.14. The van der Waals surface area contributed by atoms with Gasteiger partial charge in [0, 0.05) is 5.38 Å². The molecule has 88 valence electrons. The van der Waals surface area contributed by atoms with Crippen molar-refractivity contribution in [3.8, 4) is 5.75 Å². The molecule has 1 N–H and O–H groups in total. The molecule has 17 heavy (non-hydrogen) atoms. The van der Waals surface area contributed by atoms with Gasteiger partial charge in [0.25, 0.3) is 5.91 Å². The van der Waals surface area contributed by atoms with Crippen LogP contribution in [0.1, 0.15) is 15.9 Å². The Hall–Kier alpha value is -1.81. The van der Waals surface area contributed by atoms with Crippen LogP contribution in [0.15, 0.2) is 35.0 Å². The number of carbonyl (C=O) groups is 1. The molecule has 1 aromatic carbocycles. The second-order valence-corrected chi connectivity index (χ2v) is 4.45. The predicted octanol–water partition coefficient (Wildman–Crippen LogP) is 3.32. The second kappa shape index (κ2) is 5.01. The zero-order valence-electron chi connectivity index (χ0n) is 9.69. The largest absolute Gasteiger partial charge is 0.495 e. The summed E-state index contributed by atoms with van der Waals surface area (Å²) in [7, 11) is 1.59. The highest BCUT2D eigenvalue weighted by Gasteiger charge is 2.09. The van der Waals surface area contributed by atoms with Crippen molar-refractivity contribution >= 4 is 22.9 Å². The molecule has 1 amide bonds. The topological polar surface area (TPSA) is 38.3 Å². The van der Waals surface area contributed by atoms with Crippen molar-refractivity contribution < 1.29 is 9.53 Å². The number of rotatable bonds is 3. The van der Waals surface area contributed by atoms with E-state index in [1.54, 1.807) is 13.2 Å². The van der Waals surface area contributed by atoms with Gasteiger partial charge in [-0.2, -0.15) is 11.3 Å². The second-order valence-electron chi connectivity index (χ2n) is 3.67. The summed E-state index contributed by atoms with van der Waals surface area (Å²) in [5.41, 5.74) is 2.44. The van der Waals surface area contributed by atoms with Gasteiger partial charge in [0.15, 0.2) is 0 Å². The minimum absolute atomic E-state index is 0.116. The summed E-state index contributed by atoms with van der Waals surface area (Å²) >= 11 is 1.50. The van der Waals surface area contributed by atoms with Gasteiger partial charge in [-0.1, -0.05) is 6.07 Å². The highest BCUT2D eigenvalue weighted by atomic mass is 32.1. The van der Waals surface area contributed by atoms with Crippen molar-refractivity contribution in [3.05, 3.63) is 46.2 Å². The number of thiophene rings is 1. The number of hydrogen-bond donors (Lipinski definition) is 1. The van der Waals surface area contributed by atoms with Crippen LogP contribution in [0.4, 0.5) is 5.69 Å². The lowest BCUT2D eigenvalue weighted by atomic mass is 10.2. The maximum absolute atomic E-state index is 11.9. The molecule has 1 aromatic heterocycles. The van der Waals surface area contributed by atoms with Gasteiger partial charge in [-0.25, -0.2) is 0 Å². The molecule has 0 saturated carbocycles. The number of hydrogen-bond acceptors (Lipinski definition) is 3. The molecule has 0 aliphatic heterocycles. The number of benzene rings is 1. The average molecular weight is 247 g/mol. The first-order valence-electron chi connectivity index (χ1n) is 5.19. The first kappa shape index (κ1) is 11.7. The Morgan fingerprint density at radius 1 is 1.35 bits per heavy atom. The molecule has 1 heterocycles. The Bertz CT molecular complexity index is 520. The Morgan fingerprint density at radius 2 is 2.18 bits per heavy atom. The van der Waals surface area contributed by atoms with Gasteiger partial charge in [-0.3, -0.25) is 4.79 Å². The highest BCUT2D eigenvalue weighted by molar-refractivity contribution is 7.08.